The lowest BCUT2D eigenvalue weighted by Gasteiger charge is -2.30. The van der Waals surface area contributed by atoms with Crippen molar-refractivity contribution in [3.63, 3.8) is 0 Å². The SMILES string of the molecule is CCc1ccc(S(=O)(=O)N2CCCC(S(N)(=O)=O)C2)s1. The molecule has 1 aliphatic rings. The molecule has 2 rings (SSSR count). The van der Waals surface area contributed by atoms with Gasteiger partial charge in [0.15, 0.2) is 0 Å². The van der Waals surface area contributed by atoms with Gasteiger partial charge in [-0.3, -0.25) is 0 Å². The van der Waals surface area contributed by atoms with Crippen LogP contribution in [0.3, 0.4) is 0 Å². The third-order valence-corrected chi connectivity index (χ3v) is 8.26. The number of nitrogens with two attached hydrogens (primary N) is 1. The van der Waals surface area contributed by atoms with Crippen molar-refractivity contribution in [1.82, 2.24) is 4.31 Å². The number of aryl methyl sites for hydroxylation is 1. The van der Waals surface area contributed by atoms with Gasteiger partial charge in [0.25, 0.3) is 10.0 Å². The molecule has 0 aliphatic carbocycles. The molecule has 114 valence electrons. The second kappa shape index (κ2) is 5.72. The Morgan fingerprint density at radius 1 is 1.35 bits per heavy atom. The van der Waals surface area contributed by atoms with E-state index < -0.39 is 25.3 Å². The lowest BCUT2D eigenvalue weighted by Crippen LogP contribution is -2.46. The molecule has 1 aromatic rings. The van der Waals surface area contributed by atoms with Crippen LogP contribution in [0.2, 0.25) is 0 Å². The molecular formula is C11H18N2O4S3. The Hall–Kier alpha value is -0.480. The van der Waals surface area contributed by atoms with Crippen molar-refractivity contribution in [3.8, 4) is 0 Å². The van der Waals surface area contributed by atoms with E-state index in [1.165, 1.54) is 15.6 Å². The Kier molecular flexibility index (Phi) is 4.55. The van der Waals surface area contributed by atoms with Crippen LogP contribution in [0.25, 0.3) is 0 Å². The molecule has 0 aromatic carbocycles. The van der Waals surface area contributed by atoms with E-state index in [9.17, 15) is 16.8 Å². The number of rotatable bonds is 4. The zero-order valence-corrected chi connectivity index (χ0v) is 13.6. The van der Waals surface area contributed by atoms with Gasteiger partial charge in [-0.05, 0) is 31.4 Å². The first-order valence-electron chi connectivity index (χ1n) is 6.35. The predicted molar refractivity (Wildman–Crippen MR) is 78.6 cm³/mol. The van der Waals surface area contributed by atoms with Crippen molar-refractivity contribution >= 4 is 31.4 Å². The minimum atomic E-state index is -3.70. The maximum atomic E-state index is 12.5. The van der Waals surface area contributed by atoms with E-state index in [1.54, 1.807) is 12.1 Å². The van der Waals surface area contributed by atoms with Crippen LogP contribution in [0.1, 0.15) is 24.6 Å². The van der Waals surface area contributed by atoms with Crippen LogP contribution in [0, 0.1) is 0 Å². The average molecular weight is 338 g/mol. The maximum Gasteiger partial charge on any atom is 0.252 e. The molecule has 2 N–H and O–H groups in total. The molecule has 0 amide bonds. The highest BCUT2D eigenvalue weighted by atomic mass is 32.2. The van der Waals surface area contributed by atoms with Crippen molar-refractivity contribution in [2.45, 2.75) is 35.6 Å². The van der Waals surface area contributed by atoms with Gasteiger partial charge in [0.2, 0.25) is 10.0 Å². The monoisotopic (exact) mass is 338 g/mol. The van der Waals surface area contributed by atoms with Crippen molar-refractivity contribution in [1.29, 1.82) is 0 Å². The Balaban J connectivity index is 2.25. The number of piperidine rings is 1. The largest absolute Gasteiger partial charge is 0.252 e. The molecule has 20 heavy (non-hydrogen) atoms. The Morgan fingerprint density at radius 2 is 2.05 bits per heavy atom. The van der Waals surface area contributed by atoms with Gasteiger partial charge < -0.3 is 0 Å². The maximum absolute atomic E-state index is 12.5. The van der Waals surface area contributed by atoms with Gasteiger partial charge in [0, 0.05) is 18.0 Å². The van der Waals surface area contributed by atoms with Crippen molar-refractivity contribution in [2.75, 3.05) is 13.1 Å². The van der Waals surface area contributed by atoms with Crippen LogP contribution in [-0.4, -0.2) is 39.5 Å². The van der Waals surface area contributed by atoms with Crippen LogP contribution < -0.4 is 5.14 Å². The van der Waals surface area contributed by atoms with Gasteiger partial charge in [0.05, 0.1) is 5.25 Å². The molecule has 9 heteroatoms. The number of thiophene rings is 1. The van der Waals surface area contributed by atoms with Gasteiger partial charge in [-0.25, -0.2) is 22.0 Å². The lowest BCUT2D eigenvalue weighted by atomic mass is 10.2. The molecule has 0 bridgehead atoms. The molecular weight excluding hydrogens is 320 g/mol. The first-order valence-corrected chi connectivity index (χ1v) is 10.2. The fourth-order valence-corrected chi connectivity index (χ4v) is 6.16. The van der Waals surface area contributed by atoms with Crippen LogP contribution in [0.5, 0.6) is 0 Å². The van der Waals surface area contributed by atoms with Crippen LogP contribution in [-0.2, 0) is 26.5 Å². The summed E-state index contributed by atoms with van der Waals surface area (Å²) >= 11 is 1.23. The van der Waals surface area contributed by atoms with Crippen molar-refractivity contribution in [3.05, 3.63) is 17.0 Å². The van der Waals surface area contributed by atoms with Gasteiger partial charge >= 0.3 is 0 Å². The van der Waals surface area contributed by atoms with Crippen LogP contribution in [0.15, 0.2) is 16.3 Å². The summed E-state index contributed by atoms with van der Waals surface area (Å²) in [6, 6.07) is 3.37. The molecule has 1 aromatic heterocycles. The van der Waals surface area contributed by atoms with Gasteiger partial charge in [-0.15, -0.1) is 11.3 Å². The summed E-state index contributed by atoms with van der Waals surface area (Å²) in [5.41, 5.74) is 0. The fraction of sp³-hybridized carbons (Fsp3) is 0.636. The number of hydrogen-bond donors (Lipinski definition) is 1. The number of hydrogen-bond acceptors (Lipinski definition) is 5. The standard InChI is InChI=1S/C11H18N2O4S3/c1-2-9-5-6-11(18-9)20(16,17)13-7-3-4-10(8-13)19(12,14)15/h5-6,10H,2-4,7-8H2,1H3,(H2,12,14,15). The highest BCUT2D eigenvalue weighted by Crippen LogP contribution is 2.28. The van der Waals surface area contributed by atoms with E-state index in [4.69, 9.17) is 5.14 Å². The first kappa shape index (κ1) is 15.9. The van der Waals surface area contributed by atoms with E-state index in [0.717, 1.165) is 11.3 Å². The molecule has 6 nitrogen and oxygen atoms in total. The minimum absolute atomic E-state index is 0.0550. The molecule has 0 spiro atoms. The van der Waals surface area contributed by atoms with E-state index in [2.05, 4.69) is 0 Å². The van der Waals surface area contributed by atoms with E-state index in [-0.39, 0.29) is 10.8 Å². The van der Waals surface area contributed by atoms with Gasteiger partial charge in [-0.2, -0.15) is 4.31 Å². The Labute approximate surface area is 123 Å². The van der Waals surface area contributed by atoms with Crippen molar-refractivity contribution < 1.29 is 16.8 Å². The lowest BCUT2D eigenvalue weighted by molar-refractivity contribution is 0.346. The highest BCUT2D eigenvalue weighted by Gasteiger charge is 2.35. The Bertz CT molecular complexity index is 678. The molecule has 2 heterocycles. The Morgan fingerprint density at radius 3 is 2.60 bits per heavy atom. The summed E-state index contributed by atoms with van der Waals surface area (Å²) < 4.78 is 49.3. The number of sulfonamides is 2. The van der Waals surface area contributed by atoms with Crippen molar-refractivity contribution in [2.24, 2.45) is 5.14 Å². The smallest absolute Gasteiger partial charge is 0.228 e. The molecule has 1 unspecified atom stereocenters. The van der Waals surface area contributed by atoms with Crippen LogP contribution in [0.4, 0.5) is 0 Å². The second-order valence-corrected chi connectivity index (χ2v) is 9.97. The number of primary sulfonamides is 1. The van der Waals surface area contributed by atoms with Gasteiger partial charge in [0.1, 0.15) is 4.21 Å². The summed E-state index contributed by atoms with van der Waals surface area (Å²) in [6.07, 6.45) is 1.70. The van der Waals surface area contributed by atoms with E-state index >= 15 is 0 Å². The molecule has 1 fully saturated rings. The van der Waals surface area contributed by atoms with E-state index in [1.807, 2.05) is 6.92 Å². The predicted octanol–water partition coefficient (Wildman–Crippen LogP) is 0.752. The van der Waals surface area contributed by atoms with Crippen LogP contribution >= 0.6 is 11.3 Å². The molecule has 1 atom stereocenters. The first-order chi connectivity index (χ1) is 9.25. The minimum Gasteiger partial charge on any atom is -0.228 e. The molecule has 0 saturated carbocycles. The summed E-state index contributed by atoms with van der Waals surface area (Å²) in [7, 11) is -7.32. The zero-order valence-electron chi connectivity index (χ0n) is 11.1. The normalized spacial score (nSPS) is 22.0. The second-order valence-electron chi connectivity index (χ2n) is 4.79. The van der Waals surface area contributed by atoms with Gasteiger partial charge in [-0.1, -0.05) is 6.92 Å². The average Bonchev–Trinajstić information content (AvgIpc) is 2.87. The highest BCUT2D eigenvalue weighted by molar-refractivity contribution is 7.91. The summed E-state index contributed by atoms with van der Waals surface area (Å²) in [5, 5.41) is 4.32. The number of nitrogens with zero attached hydrogens (tertiary/aromatic N) is 1. The third-order valence-electron chi connectivity index (χ3n) is 3.39. The third kappa shape index (κ3) is 3.22. The topological polar surface area (TPSA) is 97.5 Å². The molecule has 1 saturated heterocycles. The zero-order chi connectivity index (χ0) is 15.0. The molecule has 0 radical (unpaired) electrons. The summed E-state index contributed by atoms with van der Waals surface area (Å²) in [6.45, 7) is 2.24. The quantitative estimate of drug-likeness (QED) is 0.876. The molecule has 1 aliphatic heterocycles. The summed E-state index contributed by atoms with van der Waals surface area (Å²) in [4.78, 5) is 0.989. The summed E-state index contributed by atoms with van der Waals surface area (Å²) in [5.74, 6) is 0. The van der Waals surface area contributed by atoms with E-state index in [0.29, 0.717) is 19.4 Å². The fourth-order valence-electron chi connectivity index (χ4n) is 2.21.